The lowest BCUT2D eigenvalue weighted by Crippen LogP contribution is -2.34. The molecule has 1 unspecified atom stereocenters. The van der Waals surface area contributed by atoms with Crippen molar-refractivity contribution in [2.24, 2.45) is 0 Å². The number of benzene rings is 2. The molecule has 0 radical (unpaired) electrons. The molecule has 0 aromatic heterocycles. The number of methoxy groups -OCH3 is 1. The van der Waals surface area contributed by atoms with Crippen LogP contribution < -0.4 is 15.0 Å². The number of fused-ring (bicyclic) bond motifs is 1. The van der Waals surface area contributed by atoms with Gasteiger partial charge in [-0.1, -0.05) is 37.3 Å². The molecule has 0 aliphatic carbocycles. The topological polar surface area (TPSA) is 41.6 Å². The predicted octanol–water partition coefficient (Wildman–Crippen LogP) is 3.50. The highest BCUT2D eigenvalue weighted by atomic mass is 16.5. The molecule has 0 bridgehead atoms. The van der Waals surface area contributed by atoms with Gasteiger partial charge in [0.25, 0.3) is 0 Å². The standard InChI is InChI=1S/C21H26N2O2/c1-16(24)22-12-11-21(2)15-23(14-17-7-5-4-6-8-17)20-10-9-18(25-3)13-19(20)21/h4-10,13H,11-12,14-15H2,1-3H3,(H,22,24). The number of nitrogens with one attached hydrogen (secondary N) is 1. The normalized spacial score (nSPS) is 18.8. The van der Waals surface area contributed by atoms with Gasteiger partial charge in [0.2, 0.25) is 5.91 Å². The van der Waals surface area contributed by atoms with E-state index in [9.17, 15) is 4.79 Å². The van der Waals surface area contributed by atoms with Crippen LogP contribution in [0.3, 0.4) is 0 Å². The van der Waals surface area contributed by atoms with Crippen molar-refractivity contribution in [1.82, 2.24) is 5.32 Å². The van der Waals surface area contributed by atoms with Crippen LogP contribution in [0.15, 0.2) is 48.5 Å². The Morgan fingerprint density at radius 3 is 2.68 bits per heavy atom. The molecule has 25 heavy (non-hydrogen) atoms. The molecule has 4 nitrogen and oxygen atoms in total. The number of carbonyl (C=O) groups is 1. The molecule has 1 aliphatic heterocycles. The van der Waals surface area contributed by atoms with Gasteiger partial charge in [-0.3, -0.25) is 4.79 Å². The fourth-order valence-corrected chi connectivity index (χ4v) is 3.67. The first-order valence-electron chi connectivity index (χ1n) is 8.74. The SMILES string of the molecule is COc1ccc2c(c1)C(C)(CCNC(C)=O)CN2Cc1ccccc1. The summed E-state index contributed by atoms with van der Waals surface area (Å²) in [7, 11) is 1.70. The van der Waals surface area contributed by atoms with E-state index in [0.717, 1.165) is 25.3 Å². The maximum atomic E-state index is 11.2. The highest BCUT2D eigenvalue weighted by Gasteiger charge is 2.38. The van der Waals surface area contributed by atoms with Crippen LogP contribution in [0.2, 0.25) is 0 Å². The van der Waals surface area contributed by atoms with Crippen LogP contribution >= 0.6 is 0 Å². The number of hydrogen-bond acceptors (Lipinski definition) is 3. The van der Waals surface area contributed by atoms with E-state index in [2.05, 4.69) is 53.5 Å². The number of anilines is 1. The molecule has 1 N–H and O–H groups in total. The van der Waals surface area contributed by atoms with E-state index in [1.165, 1.54) is 16.8 Å². The van der Waals surface area contributed by atoms with Crippen molar-refractivity contribution in [3.63, 3.8) is 0 Å². The summed E-state index contributed by atoms with van der Waals surface area (Å²) in [4.78, 5) is 13.7. The molecule has 0 fully saturated rings. The zero-order valence-corrected chi connectivity index (χ0v) is 15.2. The van der Waals surface area contributed by atoms with E-state index >= 15 is 0 Å². The third-order valence-electron chi connectivity index (χ3n) is 5.00. The molecule has 0 spiro atoms. The van der Waals surface area contributed by atoms with Gasteiger partial charge in [-0.2, -0.15) is 0 Å². The van der Waals surface area contributed by atoms with Gasteiger partial charge in [-0.25, -0.2) is 0 Å². The van der Waals surface area contributed by atoms with Crippen molar-refractivity contribution in [3.05, 3.63) is 59.7 Å². The summed E-state index contributed by atoms with van der Waals surface area (Å²) in [5.41, 5.74) is 3.85. The highest BCUT2D eigenvalue weighted by molar-refractivity contribution is 5.72. The Morgan fingerprint density at radius 2 is 2.00 bits per heavy atom. The highest BCUT2D eigenvalue weighted by Crippen LogP contribution is 2.44. The largest absolute Gasteiger partial charge is 0.497 e. The first kappa shape index (κ1) is 17.3. The smallest absolute Gasteiger partial charge is 0.216 e. The number of hydrogen-bond donors (Lipinski definition) is 1. The molecule has 1 aliphatic rings. The number of rotatable bonds is 6. The van der Waals surface area contributed by atoms with Crippen molar-refractivity contribution < 1.29 is 9.53 Å². The number of carbonyl (C=O) groups excluding carboxylic acids is 1. The molecule has 1 heterocycles. The summed E-state index contributed by atoms with van der Waals surface area (Å²) in [6.07, 6.45) is 0.901. The molecule has 2 aromatic rings. The average molecular weight is 338 g/mol. The summed E-state index contributed by atoms with van der Waals surface area (Å²) in [6.45, 7) is 6.34. The third kappa shape index (κ3) is 3.78. The molecule has 132 valence electrons. The third-order valence-corrected chi connectivity index (χ3v) is 5.00. The van der Waals surface area contributed by atoms with Gasteiger partial charge in [-0.05, 0) is 35.7 Å². The van der Waals surface area contributed by atoms with Crippen molar-refractivity contribution in [1.29, 1.82) is 0 Å². The van der Waals surface area contributed by atoms with E-state index in [4.69, 9.17) is 4.74 Å². The minimum Gasteiger partial charge on any atom is -0.497 e. The quantitative estimate of drug-likeness (QED) is 0.876. The zero-order valence-electron chi connectivity index (χ0n) is 15.2. The number of ether oxygens (including phenoxy) is 1. The van der Waals surface area contributed by atoms with Gasteiger partial charge >= 0.3 is 0 Å². The van der Waals surface area contributed by atoms with Gasteiger partial charge in [-0.15, -0.1) is 0 Å². The lowest BCUT2D eigenvalue weighted by atomic mass is 9.81. The fourth-order valence-electron chi connectivity index (χ4n) is 3.67. The fraction of sp³-hybridized carbons (Fsp3) is 0.381. The Morgan fingerprint density at radius 1 is 1.24 bits per heavy atom. The van der Waals surface area contributed by atoms with Crippen LogP contribution in [0.25, 0.3) is 0 Å². The number of amides is 1. The Kier molecular flexibility index (Phi) is 4.98. The molecule has 0 saturated carbocycles. The Bertz CT molecular complexity index is 745. The van der Waals surface area contributed by atoms with E-state index in [1.54, 1.807) is 14.0 Å². The Balaban J connectivity index is 1.87. The van der Waals surface area contributed by atoms with Gasteiger partial charge in [0, 0.05) is 37.7 Å². The van der Waals surface area contributed by atoms with Gasteiger partial charge in [0.05, 0.1) is 7.11 Å². The number of nitrogens with zero attached hydrogens (tertiary/aromatic N) is 1. The van der Waals surface area contributed by atoms with Gasteiger partial charge < -0.3 is 15.0 Å². The van der Waals surface area contributed by atoms with Crippen molar-refractivity contribution in [2.75, 3.05) is 25.1 Å². The van der Waals surface area contributed by atoms with Crippen molar-refractivity contribution in [3.8, 4) is 5.75 Å². The van der Waals surface area contributed by atoms with Crippen LogP contribution in [0.5, 0.6) is 5.75 Å². The van der Waals surface area contributed by atoms with Gasteiger partial charge in [0.15, 0.2) is 0 Å². The van der Waals surface area contributed by atoms with Crippen LogP contribution in [-0.2, 0) is 16.8 Å². The first-order valence-corrected chi connectivity index (χ1v) is 8.74. The average Bonchev–Trinajstić information content (AvgIpc) is 2.87. The second-order valence-corrected chi connectivity index (χ2v) is 7.02. The molecule has 4 heteroatoms. The second kappa shape index (κ2) is 7.18. The second-order valence-electron chi connectivity index (χ2n) is 7.02. The van der Waals surface area contributed by atoms with Crippen molar-refractivity contribution in [2.45, 2.75) is 32.2 Å². The molecular weight excluding hydrogens is 312 g/mol. The van der Waals surface area contributed by atoms with Crippen LogP contribution in [-0.4, -0.2) is 26.1 Å². The molecule has 3 rings (SSSR count). The summed E-state index contributed by atoms with van der Waals surface area (Å²) in [5, 5.41) is 2.93. The molecule has 1 amide bonds. The van der Waals surface area contributed by atoms with Crippen LogP contribution in [0.1, 0.15) is 31.4 Å². The first-order chi connectivity index (χ1) is 12.0. The van der Waals surface area contributed by atoms with Crippen LogP contribution in [0, 0.1) is 0 Å². The summed E-state index contributed by atoms with van der Waals surface area (Å²) >= 11 is 0. The molecule has 1 atom stereocenters. The lowest BCUT2D eigenvalue weighted by Gasteiger charge is -2.26. The summed E-state index contributed by atoms with van der Waals surface area (Å²) in [6, 6.07) is 16.9. The monoisotopic (exact) mass is 338 g/mol. The van der Waals surface area contributed by atoms with E-state index in [-0.39, 0.29) is 11.3 Å². The maximum Gasteiger partial charge on any atom is 0.216 e. The summed E-state index contributed by atoms with van der Waals surface area (Å²) in [5.74, 6) is 0.902. The van der Waals surface area contributed by atoms with E-state index in [0.29, 0.717) is 6.54 Å². The molecule has 0 saturated heterocycles. The van der Waals surface area contributed by atoms with Crippen LogP contribution in [0.4, 0.5) is 5.69 Å². The lowest BCUT2D eigenvalue weighted by molar-refractivity contribution is -0.119. The summed E-state index contributed by atoms with van der Waals surface area (Å²) < 4.78 is 5.44. The van der Waals surface area contributed by atoms with Crippen molar-refractivity contribution >= 4 is 11.6 Å². The van der Waals surface area contributed by atoms with E-state index in [1.807, 2.05) is 12.1 Å². The Hall–Kier alpha value is -2.49. The predicted molar refractivity (Wildman–Crippen MR) is 101 cm³/mol. The zero-order chi connectivity index (χ0) is 17.9. The van der Waals surface area contributed by atoms with E-state index < -0.39 is 0 Å². The minimum absolute atomic E-state index is 0.0128. The molecule has 2 aromatic carbocycles. The minimum atomic E-state index is -0.0128. The maximum absolute atomic E-state index is 11.2. The molecular formula is C21H26N2O2. The Labute approximate surface area is 149 Å². The van der Waals surface area contributed by atoms with Gasteiger partial charge in [0.1, 0.15) is 5.75 Å².